The van der Waals surface area contributed by atoms with E-state index in [1.54, 1.807) is 62.4 Å². The van der Waals surface area contributed by atoms with Gasteiger partial charge in [0.05, 0.1) is 17.7 Å². The second-order valence-electron chi connectivity index (χ2n) is 6.83. The van der Waals surface area contributed by atoms with Gasteiger partial charge in [0.1, 0.15) is 11.6 Å². The number of sulfonamides is 1. The molecule has 0 spiro atoms. The predicted molar refractivity (Wildman–Crippen MR) is 126 cm³/mol. The van der Waals surface area contributed by atoms with Gasteiger partial charge in [0.15, 0.2) is 5.11 Å². The van der Waals surface area contributed by atoms with Gasteiger partial charge in [-0.15, -0.1) is 0 Å². The Morgan fingerprint density at radius 3 is 2.19 bits per heavy atom. The monoisotopic (exact) mass is 459 g/mol. The van der Waals surface area contributed by atoms with Gasteiger partial charge >= 0.3 is 0 Å². The van der Waals surface area contributed by atoms with Gasteiger partial charge in [-0.1, -0.05) is 24.3 Å². The van der Waals surface area contributed by atoms with Gasteiger partial charge < -0.3 is 15.4 Å². The topological polar surface area (TPSA) is 79.5 Å². The molecule has 162 valence electrons. The Kier molecular flexibility index (Phi) is 6.77. The fourth-order valence-electron chi connectivity index (χ4n) is 2.86. The minimum absolute atomic E-state index is 0.0904. The molecule has 0 aliphatic heterocycles. The molecule has 0 saturated heterocycles. The van der Waals surface area contributed by atoms with E-state index in [-0.39, 0.29) is 15.8 Å². The molecule has 3 rings (SSSR count). The fraction of sp³-hybridized carbons (Fsp3) is 0.136. The second-order valence-corrected chi connectivity index (χ2v) is 8.89. The smallest absolute Gasteiger partial charge is 0.262 e. The molecule has 0 aliphatic carbocycles. The van der Waals surface area contributed by atoms with Gasteiger partial charge in [-0.25, -0.2) is 12.8 Å². The van der Waals surface area contributed by atoms with E-state index in [0.717, 1.165) is 0 Å². The highest BCUT2D eigenvalue weighted by atomic mass is 32.2. The van der Waals surface area contributed by atoms with E-state index in [0.29, 0.717) is 33.9 Å². The first-order valence-corrected chi connectivity index (χ1v) is 11.2. The van der Waals surface area contributed by atoms with Crippen LogP contribution in [0.3, 0.4) is 0 Å². The Balaban J connectivity index is 1.80. The molecule has 0 heterocycles. The lowest BCUT2D eigenvalue weighted by atomic mass is 10.2. The van der Waals surface area contributed by atoms with Crippen LogP contribution in [0.5, 0.6) is 5.75 Å². The van der Waals surface area contributed by atoms with Gasteiger partial charge in [0.2, 0.25) is 0 Å². The van der Waals surface area contributed by atoms with Crippen molar-refractivity contribution in [1.29, 1.82) is 0 Å². The van der Waals surface area contributed by atoms with Gasteiger partial charge in [-0.2, -0.15) is 0 Å². The molecule has 0 radical (unpaired) electrons. The zero-order valence-electron chi connectivity index (χ0n) is 17.2. The molecular weight excluding hydrogens is 437 g/mol. The minimum Gasteiger partial charge on any atom is -0.495 e. The maximum atomic E-state index is 13.7. The maximum absolute atomic E-state index is 13.7. The Morgan fingerprint density at radius 2 is 1.55 bits per heavy atom. The number of halogens is 1. The molecule has 3 aromatic rings. The number of methoxy groups -OCH3 is 1. The van der Waals surface area contributed by atoms with Crippen molar-refractivity contribution in [2.24, 2.45) is 0 Å². The average Bonchev–Trinajstić information content (AvgIpc) is 2.72. The highest BCUT2D eigenvalue weighted by Crippen LogP contribution is 2.28. The summed E-state index contributed by atoms with van der Waals surface area (Å²) in [5.74, 6) is 0.0626. The third kappa shape index (κ3) is 5.50. The van der Waals surface area contributed by atoms with Gasteiger partial charge in [0.25, 0.3) is 10.0 Å². The van der Waals surface area contributed by atoms with Crippen molar-refractivity contribution in [3.63, 3.8) is 0 Å². The summed E-state index contributed by atoms with van der Waals surface area (Å²) in [6.45, 7) is 3.37. The summed E-state index contributed by atoms with van der Waals surface area (Å²) >= 11 is 5.28. The first-order valence-electron chi connectivity index (χ1n) is 9.30. The van der Waals surface area contributed by atoms with Crippen LogP contribution in [0.25, 0.3) is 0 Å². The van der Waals surface area contributed by atoms with Crippen LogP contribution >= 0.6 is 12.2 Å². The van der Waals surface area contributed by atoms with Crippen molar-refractivity contribution in [3.8, 4) is 5.75 Å². The molecule has 0 aromatic heterocycles. The Morgan fingerprint density at radius 1 is 0.935 bits per heavy atom. The Labute approximate surface area is 186 Å². The molecule has 0 bridgehead atoms. The first-order chi connectivity index (χ1) is 14.7. The number of para-hydroxylation sites is 2. The quantitative estimate of drug-likeness (QED) is 0.447. The molecule has 31 heavy (non-hydrogen) atoms. The number of benzene rings is 3. The van der Waals surface area contributed by atoms with Crippen LogP contribution in [0.2, 0.25) is 0 Å². The second kappa shape index (κ2) is 9.32. The summed E-state index contributed by atoms with van der Waals surface area (Å²) in [5.41, 5.74) is 2.38. The molecule has 9 heteroatoms. The number of ether oxygens (including phenoxy) is 1. The standard InChI is InChI=1S/C22H22FN3O3S2/c1-14-8-10-16(12-18(14)23)24-22(30)25-17-11-9-15(2)21(13-17)31(27,28)26-19-6-4-5-7-20(19)29-3/h4-13,26H,1-3H3,(H2,24,25,30). The van der Waals surface area contributed by atoms with E-state index >= 15 is 0 Å². The molecule has 0 saturated carbocycles. The molecule has 0 atom stereocenters. The maximum Gasteiger partial charge on any atom is 0.262 e. The van der Waals surface area contributed by atoms with Crippen molar-refractivity contribution >= 4 is 44.4 Å². The van der Waals surface area contributed by atoms with E-state index in [1.165, 1.54) is 19.2 Å². The first kappa shape index (κ1) is 22.5. The van der Waals surface area contributed by atoms with Gasteiger partial charge in [0, 0.05) is 11.4 Å². The third-order valence-electron chi connectivity index (χ3n) is 4.52. The van der Waals surface area contributed by atoms with Crippen LogP contribution in [0.15, 0.2) is 65.6 Å². The highest BCUT2D eigenvalue weighted by Gasteiger charge is 2.19. The van der Waals surface area contributed by atoms with Crippen molar-refractivity contribution in [1.82, 2.24) is 0 Å². The molecule has 0 fully saturated rings. The number of aryl methyl sites for hydroxylation is 2. The van der Waals surface area contributed by atoms with Crippen LogP contribution in [0, 0.1) is 19.7 Å². The van der Waals surface area contributed by atoms with E-state index < -0.39 is 10.0 Å². The number of thiocarbonyl (C=S) groups is 1. The Bertz CT molecular complexity index is 1230. The lowest BCUT2D eigenvalue weighted by Gasteiger charge is -2.15. The molecule has 3 aromatic carbocycles. The zero-order valence-corrected chi connectivity index (χ0v) is 18.8. The lowest BCUT2D eigenvalue weighted by molar-refractivity contribution is 0.417. The number of rotatable bonds is 6. The van der Waals surface area contributed by atoms with Crippen LogP contribution < -0.4 is 20.1 Å². The lowest BCUT2D eigenvalue weighted by Crippen LogP contribution is -2.20. The molecule has 0 amide bonds. The summed E-state index contributed by atoms with van der Waals surface area (Å²) in [5, 5.41) is 6.02. The molecule has 6 nitrogen and oxygen atoms in total. The Hall–Kier alpha value is -3.17. The normalized spacial score (nSPS) is 11.0. The van der Waals surface area contributed by atoms with Crippen molar-refractivity contribution < 1.29 is 17.5 Å². The summed E-state index contributed by atoms with van der Waals surface area (Å²) in [6.07, 6.45) is 0. The molecule has 3 N–H and O–H groups in total. The van der Waals surface area contributed by atoms with Gasteiger partial charge in [-0.3, -0.25) is 4.72 Å². The minimum atomic E-state index is -3.89. The highest BCUT2D eigenvalue weighted by molar-refractivity contribution is 7.92. The number of hydrogen-bond donors (Lipinski definition) is 3. The van der Waals surface area contributed by atoms with E-state index in [4.69, 9.17) is 17.0 Å². The van der Waals surface area contributed by atoms with Crippen molar-refractivity contribution in [2.45, 2.75) is 18.7 Å². The van der Waals surface area contributed by atoms with Gasteiger partial charge in [-0.05, 0) is 73.6 Å². The predicted octanol–water partition coefficient (Wildman–Crippen LogP) is 5.06. The van der Waals surface area contributed by atoms with Crippen LogP contribution in [0.1, 0.15) is 11.1 Å². The van der Waals surface area contributed by atoms with Crippen LogP contribution in [0.4, 0.5) is 21.5 Å². The SMILES string of the molecule is COc1ccccc1NS(=O)(=O)c1cc(NC(=S)Nc2ccc(C)c(F)c2)ccc1C. The summed E-state index contributed by atoms with van der Waals surface area (Å²) in [4.78, 5) is 0.0904. The molecule has 0 aliphatic rings. The fourth-order valence-corrected chi connectivity index (χ4v) is 4.44. The van der Waals surface area contributed by atoms with Crippen LogP contribution in [-0.2, 0) is 10.0 Å². The third-order valence-corrected chi connectivity index (χ3v) is 6.23. The van der Waals surface area contributed by atoms with Crippen LogP contribution in [-0.4, -0.2) is 20.6 Å². The van der Waals surface area contributed by atoms with E-state index in [1.807, 2.05) is 0 Å². The van der Waals surface area contributed by atoms with E-state index in [9.17, 15) is 12.8 Å². The zero-order chi connectivity index (χ0) is 22.6. The molecule has 0 unspecified atom stereocenters. The number of nitrogens with one attached hydrogen (secondary N) is 3. The van der Waals surface area contributed by atoms with E-state index in [2.05, 4.69) is 15.4 Å². The number of hydrogen-bond acceptors (Lipinski definition) is 4. The summed E-state index contributed by atoms with van der Waals surface area (Å²) < 4.78 is 47.5. The van der Waals surface area contributed by atoms with Crippen molar-refractivity contribution in [2.75, 3.05) is 22.5 Å². The summed E-state index contributed by atoms with van der Waals surface area (Å²) in [6, 6.07) is 16.3. The number of anilines is 3. The molecular formula is C22H22FN3O3S2. The van der Waals surface area contributed by atoms with Crippen molar-refractivity contribution in [3.05, 3.63) is 77.6 Å². The largest absolute Gasteiger partial charge is 0.495 e. The average molecular weight is 460 g/mol. The summed E-state index contributed by atoms with van der Waals surface area (Å²) in [7, 11) is -2.42.